The van der Waals surface area contributed by atoms with Gasteiger partial charge in [-0.05, 0) is 12.8 Å². The van der Waals surface area contributed by atoms with E-state index in [2.05, 4.69) is 0 Å². The summed E-state index contributed by atoms with van der Waals surface area (Å²) < 4.78 is 11.9. The molecule has 0 saturated carbocycles. The predicted octanol–water partition coefficient (Wildman–Crippen LogP) is 0.845. The summed E-state index contributed by atoms with van der Waals surface area (Å²) >= 11 is 0. The summed E-state index contributed by atoms with van der Waals surface area (Å²) in [6.45, 7) is 0. The first-order valence-corrected chi connectivity index (χ1v) is 4.20. The van der Waals surface area contributed by atoms with E-state index in [1.807, 2.05) is 0 Å². The largest absolute Gasteiger partial charge is 0.481 e. The number of rotatable bonds is 7. The van der Waals surface area contributed by atoms with Crippen LogP contribution in [0.4, 0.5) is 4.39 Å². The quantitative estimate of drug-likeness (QED) is 0.461. The number of hydrogen-bond acceptors (Lipinski definition) is 3. The molecule has 0 bridgehead atoms. The standard InChI is InChI=1S/C8H14FNO3/c9-8(13)6(10)4-2-1-3-5-7(11)12/h6H,1-5,10H2,(H,11,12)/t6-/m0/s1. The van der Waals surface area contributed by atoms with Crippen LogP contribution in [0.3, 0.4) is 0 Å². The zero-order chi connectivity index (χ0) is 10.3. The fourth-order valence-corrected chi connectivity index (χ4v) is 0.931. The van der Waals surface area contributed by atoms with Gasteiger partial charge in [0, 0.05) is 6.42 Å². The van der Waals surface area contributed by atoms with Crippen LogP contribution in [0.5, 0.6) is 0 Å². The Kier molecular flexibility index (Phi) is 6.05. The molecule has 3 N–H and O–H groups in total. The maximum Gasteiger partial charge on any atom is 0.318 e. The molecule has 13 heavy (non-hydrogen) atoms. The first-order chi connectivity index (χ1) is 6.04. The number of carbonyl (C=O) groups is 2. The summed E-state index contributed by atoms with van der Waals surface area (Å²) in [5, 5.41) is 8.27. The maximum atomic E-state index is 11.9. The van der Waals surface area contributed by atoms with Crippen LogP contribution in [0, 0.1) is 0 Å². The van der Waals surface area contributed by atoms with Crippen molar-refractivity contribution in [3.63, 3.8) is 0 Å². The van der Waals surface area contributed by atoms with Gasteiger partial charge in [-0.25, -0.2) is 0 Å². The molecule has 0 aromatic rings. The van der Waals surface area contributed by atoms with Crippen LogP contribution in [0.2, 0.25) is 0 Å². The van der Waals surface area contributed by atoms with E-state index < -0.39 is 18.0 Å². The molecule has 5 heteroatoms. The molecule has 4 nitrogen and oxygen atoms in total. The second kappa shape index (κ2) is 6.54. The van der Waals surface area contributed by atoms with E-state index >= 15 is 0 Å². The molecule has 0 aliphatic carbocycles. The normalized spacial score (nSPS) is 12.5. The molecule has 76 valence electrons. The Balaban J connectivity index is 3.26. The topological polar surface area (TPSA) is 80.4 Å². The van der Waals surface area contributed by atoms with Crippen molar-refractivity contribution >= 4 is 12.0 Å². The van der Waals surface area contributed by atoms with Gasteiger partial charge in [-0.1, -0.05) is 12.8 Å². The van der Waals surface area contributed by atoms with E-state index in [0.717, 1.165) is 0 Å². The second-order valence-corrected chi connectivity index (χ2v) is 2.90. The Bertz CT molecular complexity index is 184. The molecule has 0 radical (unpaired) electrons. The highest BCUT2D eigenvalue weighted by Crippen LogP contribution is 2.05. The Morgan fingerprint density at radius 1 is 1.31 bits per heavy atom. The van der Waals surface area contributed by atoms with Crippen LogP contribution in [-0.2, 0) is 9.59 Å². The smallest absolute Gasteiger partial charge is 0.318 e. The van der Waals surface area contributed by atoms with Gasteiger partial charge < -0.3 is 10.8 Å². The minimum Gasteiger partial charge on any atom is -0.481 e. The molecule has 0 saturated heterocycles. The molecule has 0 aliphatic heterocycles. The highest BCUT2D eigenvalue weighted by Gasteiger charge is 2.10. The molecule has 0 heterocycles. The number of halogens is 1. The van der Waals surface area contributed by atoms with Crippen molar-refractivity contribution in [1.29, 1.82) is 0 Å². The third-order valence-corrected chi connectivity index (χ3v) is 1.70. The summed E-state index contributed by atoms with van der Waals surface area (Å²) in [6, 6.07) is -2.54. The minimum absolute atomic E-state index is 0.110. The lowest BCUT2D eigenvalue weighted by Crippen LogP contribution is -2.26. The second-order valence-electron chi connectivity index (χ2n) is 2.90. The SMILES string of the molecule is N[C@@H](CCCCCC(=O)O)C(=O)F. The summed E-state index contributed by atoms with van der Waals surface area (Å²) in [6.07, 6.45) is 2.19. The highest BCUT2D eigenvalue weighted by atomic mass is 19.1. The number of carboxylic acids is 1. The lowest BCUT2D eigenvalue weighted by Gasteiger charge is -2.03. The average Bonchev–Trinajstić information content (AvgIpc) is 2.02. The number of carbonyl (C=O) groups excluding carboxylic acids is 1. The molecule has 0 aromatic heterocycles. The lowest BCUT2D eigenvalue weighted by atomic mass is 10.1. The van der Waals surface area contributed by atoms with Crippen molar-refractivity contribution in [2.24, 2.45) is 5.73 Å². The van der Waals surface area contributed by atoms with Crippen molar-refractivity contribution in [1.82, 2.24) is 0 Å². The van der Waals surface area contributed by atoms with Crippen molar-refractivity contribution in [3.05, 3.63) is 0 Å². The van der Waals surface area contributed by atoms with E-state index in [4.69, 9.17) is 10.8 Å². The van der Waals surface area contributed by atoms with E-state index in [1.165, 1.54) is 0 Å². The molecule has 0 amide bonds. The molecular weight excluding hydrogens is 177 g/mol. The molecule has 0 spiro atoms. The summed E-state index contributed by atoms with van der Waals surface area (Å²) in [7, 11) is 0. The molecule has 0 fully saturated rings. The zero-order valence-electron chi connectivity index (χ0n) is 7.33. The van der Waals surface area contributed by atoms with Crippen molar-refractivity contribution < 1.29 is 19.1 Å². The van der Waals surface area contributed by atoms with Crippen LogP contribution in [0.15, 0.2) is 0 Å². The average molecular weight is 191 g/mol. The van der Waals surface area contributed by atoms with Crippen molar-refractivity contribution in [2.75, 3.05) is 0 Å². The van der Waals surface area contributed by atoms with Gasteiger partial charge in [0.1, 0.15) is 0 Å². The Labute approximate surface area is 75.9 Å². The number of hydrogen-bond donors (Lipinski definition) is 2. The molecule has 0 aromatic carbocycles. The number of unbranched alkanes of at least 4 members (excludes halogenated alkanes) is 2. The van der Waals surface area contributed by atoms with Gasteiger partial charge in [-0.15, -0.1) is 0 Å². The summed E-state index contributed by atoms with van der Waals surface area (Å²) in [5.74, 6) is -0.842. The van der Waals surface area contributed by atoms with E-state index in [0.29, 0.717) is 19.3 Å². The van der Waals surface area contributed by atoms with E-state index in [9.17, 15) is 14.0 Å². The van der Waals surface area contributed by atoms with Crippen molar-refractivity contribution in [3.8, 4) is 0 Å². The minimum atomic E-state index is -1.50. The third-order valence-electron chi connectivity index (χ3n) is 1.70. The Hall–Kier alpha value is -0.970. The van der Waals surface area contributed by atoms with Gasteiger partial charge in [0.15, 0.2) is 0 Å². The van der Waals surface area contributed by atoms with Gasteiger partial charge in [0.2, 0.25) is 0 Å². The van der Waals surface area contributed by atoms with Crippen LogP contribution in [0.25, 0.3) is 0 Å². The fraction of sp³-hybridized carbons (Fsp3) is 0.750. The Morgan fingerprint density at radius 2 is 1.92 bits per heavy atom. The van der Waals surface area contributed by atoms with Crippen molar-refractivity contribution in [2.45, 2.75) is 38.1 Å². The summed E-state index contributed by atoms with van der Waals surface area (Å²) in [4.78, 5) is 20.1. The number of aliphatic carboxylic acids is 1. The third kappa shape index (κ3) is 7.39. The van der Waals surface area contributed by atoms with Crippen LogP contribution < -0.4 is 5.73 Å². The van der Waals surface area contributed by atoms with Gasteiger partial charge in [-0.3, -0.25) is 9.59 Å². The van der Waals surface area contributed by atoms with E-state index in [1.54, 1.807) is 0 Å². The number of carboxylic acid groups (broad SMARTS) is 1. The van der Waals surface area contributed by atoms with Crippen LogP contribution in [0.1, 0.15) is 32.1 Å². The lowest BCUT2D eigenvalue weighted by molar-refractivity contribution is -0.137. The first kappa shape index (κ1) is 12.0. The van der Waals surface area contributed by atoms with E-state index in [-0.39, 0.29) is 12.8 Å². The van der Waals surface area contributed by atoms with Gasteiger partial charge in [-0.2, -0.15) is 4.39 Å². The monoisotopic (exact) mass is 191 g/mol. The van der Waals surface area contributed by atoms with Gasteiger partial charge >= 0.3 is 12.0 Å². The fourth-order valence-electron chi connectivity index (χ4n) is 0.931. The predicted molar refractivity (Wildman–Crippen MR) is 44.8 cm³/mol. The van der Waals surface area contributed by atoms with Crippen LogP contribution in [-0.4, -0.2) is 23.2 Å². The summed E-state index contributed by atoms with van der Waals surface area (Å²) in [5.41, 5.74) is 5.12. The number of nitrogens with two attached hydrogens (primary N) is 1. The molecule has 1 atom stereocenters. The zero-order valence-corrected chi connectivity index (χ0v) is 7.33. The first-order valence-electron chi connectivity index (χ1n) is 4.20. The molecule has 0 unspecified atom stereocenters. The van der Waals surface area contributed by atoms with Crippen LogP contribution >= 0.6 is 0 Å². The molecular formula is C8H14FNO3. The molecule has 0 rings (SSSR count). The van der Waals surface area contributed by atoms with Gasteiger partial charge in [0.25, 0.3) is 0 Å². The highest BCUT2D eigenvalue weighted by molar-refractivity contribution is 5.73. The maximum absolute atomic E-state index is 11.9. The Morgan fingerprint density at radius 3 is 2.38 bits per heavy atom. The van der Waals surface area contributed by atoms with Gasteiger partial charge in [0.05, 0.1) is 6.04 Å². The molecule has 0 aliphatic rings.